The van der Waals surface area contributed by atoms with Gasteiger partial charge >= 0.3 is 6.18 Å². The number of carbonyl (C=O) groups is 2. The van der Waals surface area contributed by atoms with E-state index in [-0.39, 0.29) is 5.69 Å². The fourth-order valence-corrected chi connectivity index (χ4v) is 3.22. The third kappa shape index (κ3) is 6.37. The summed E-state index contributed by atoms with van der Waals surface area (Å²) in [4.78, 5) is 30.1. The smallest absolute Gasteiger partial charge is 0.273 e. The van der Waals surface area contributed by atoms with E-state index in [1.165, 1.54) is 12.4 Å². The Labute approximate surface area is 167 Å². The van der Waals surface area contributed by atoms with Crippen LogP contribution in [0.4, 0.5) is 13.2 Å². The Morgan fingerprint density at radius 3 is 2.48 bits per heavy atom. The molecule has 0 fully saturated rings. The lowest BCUT2D eigenvalue weighted by Gasteiger charge is -2.12. The van der Waals surface area contributed by atoms with Crippen LogP contribution in [-0.4, -0.2) is 36.7 Å². The van der Waals surface area contributed by atoms with Gasteiger partial charge in [-0.3, -0.25) is 25.4 Å². The van der Waals surface area contributed by atoms with Crippen molar-refractivity contribution in [1.82, 2.24) is 25.5 Å². The van der Waals surface area contributed by atoms with E-state index in [2.05, 4.69) is 15.4 Å². The molecule has 1 aromatic heterocycles. The summed E-state index contributed by atoms with van der Waals surface area (Å²) in [5, 5.41) is -0.644. The molecular weight excluding hydrogens is 439 g/mol. The third-order valence-electron chi connectivity index (χ3n) is 3.31. The van der Waals surface area contributed by atoms with Gasteiger partial charge in [-0.05, 0) is 18.2 Å². The maximum atomic E-state index is 12.9. The van der Waals surface area contributed by atoms with Crippen LogP contribution >= 0.6 is 11.6 Å². The summed E-state index contributed by atoms with van der Waals surface area (Å²) < 4.78 is 64.8. The van der Waals surface area contributed by atoms with Gasteiger partial charge in [0.2, 0.25) is 15.9 Å². The second-order valence-electron chi connectivity index (χ2n) is 5.38. The van der Waals surface area contributed by atoms with E-state index in [0.717, 1.165) is 18.3 Å². The molecule has 0 atom stereocenters. The van der Waals surface area contributed by atoms with E-state index in [1.807, 2.05) is 10.1 Å². The van der Waals surface area contributed by atoms with Gasteiger partial charge in [0, 0.05) is 25.4 Å². The third-order valence-corrected chi connectivity index (χ3v) is 5.10. The van der Waals surface area contributed by atoms with E-state index >= 15 is 0 Å². The number of rotatable bonds is 6. The fourth-order valence-electron chi connectivity index (χ4n) is 1.94. The van der Waals surface area contributed by atoms with Crippen LogP contribution < -0.4 is 15.6 Å². The average Bonchev–Trinajstić information content (AvgIpc) is 2.66. The Balaban J connectivity index is 1.89. The van der Waals surface area contributed by atoms with Gasteiger partial charge in [0.05, 0.1) is 21.7 Å². The van der Waals surface area contributed by atoms with E-state index in [0.29, 0.717) is 6.07 Å². The number of nitrogens with one attached hydrogen (secondary N) is 3. The lowest BCUT2D eigenvalue weighted by Crippen LogP contribution is -2.43. The number of halogens is 4. The molecular formula is C15H13ClF3N5O4S. The van der Waals surface area contributed by atoms with E-state index in [4.69, 9.17) is 11.6 Å². The topological polar surface area (TPSA) is 130 Å². The molecule has 0 aliphatic carbocycles. The van der Waals surface area contributed by atoms with Crippen molar-refractivity contribution in [3.05, 3.63) is 53.1 Å². The Morgan fingerprint density at radius 2 is 1.86 bits per heavy atom. The number of hydrogen-bond acceptors (Lipinski definition) is 6. The van der Waals surface area contributed by atoms with Crippen LogP contribution in [0.25, 0.3) is 0 Å². The van der Waals surface area contributed by atoms with Gasteiger partial charge in [-0.25, -0.2) is 18.1 Å². The second-order valence-corrected chi connectivity index (χ2v) is 7.55. The predicted molar refractivity (Wildman–Crippen MR) is 93.9 cm³/mol. The molecule has 0 bridgehead atoms. The van der Waals surface area contributed by atoms with Gasteiger partial charge in [-0.2, -0.15) is 13.2 Å². The average molecular weight is 452 g/mol. The highest BCUT2D eigenvalue weighted by Gasteiger charge is 2.34. The normalized spacial score (nSPS) is 11.7. The molecule has 0 radical (unpaired) electrons. The summed E-state index contributed by atoms with van der Waals surface area (Å²) in [6.07, 6.45) is -1.45. The SMILES string of the molecule is O=C(CCNS(=O)(=O)c1ccc(Cl)c(C(F)(F)F)c1)NNC(=O)c1cnccn1. The van der Waals surface area contributed by atoms with E-state index in [9.17, 15) is 31.2 Å². The number of carbonyl (C=O) groups excluding carboxylic acids is 2. The second kappa shape index (κ2) is 9.15. The van der Waals surface area contributed by atoms with Crippen LogP contribution in [0.1, 0.15) is 22.5 Å². The molecule has 0 saturated carbocycles. The zero-order chi connectivity index (χ0) is 21.7. The molecule has 0 unspecified atom stereocenters. The standard InChI is InChI=1S/C15H13ClF3N5O4S/c16-11-2-1-9(7-10(11)15(17,18)19)29(27,28)22-4-3-13(25)23-24-14(26)12-8-20-5-6-21-12/h1-2,5-8,22H,3-4H2,(H,23,25)(H,24,26). The minimum Gasteiger partial charge on any atom is -0.273 e. The summed E-state index contributed by atoms with van der Waals surface area (Å²) in [6.45, 7) is -0.431. The summed E-state index contributed by atoms with van der Waals surface area (Å²) in [7, 11) is -4.32. The molecule has 156 valence electrons. The summed E-state index contributed by atoms with van der Waals surface area (Å²) in [5.41, 5.74) is 2.73. The summed E-state index contributed by atoms with van der Waals surface area (Å²) in [5.74, 6) is -1.50. The van der Waals surface area contributed by atoms with Crippen LogP contribution in [0.15, 0.2) is 41.7 Å². The molecule has 0 saturated heterocycles. The minimum absolute atomic E-state index is 0.0586. The van der Waals surface area contributed by atoms with Gasteiger partial charge in [-0.1, -0.05) is 11.6 Å². The van der Waals surface area contributed by atoms with Gasteiger partial charge in [0.15, 0.2) is 0 Å². The number of sulfonamides is 1. The highest BCUT2D eigenvalue weighted by molar-refractivity contribution is 7.89. The van der Waals surface area contributed by atoms with Crippen LogP contribution in [-0.2, 0) is 21.0 Å². The summed E-state index contributed by atoms with van der Waals surface area (Å²) in [6, 6.07) is 2.11. The van der Waals surface area contributed by atoms with Gasteiger partial charge in [-0.15, -0.1) is 0 Å². The number of hydrazine groups is 1. The number of nitrogens with zero attached hydrogens (tertiary/aromatic N) is 2. The lowest BCUT2D eigenvalue weighted by atomic mass is 10.2. The quantitative estimate of drug-likeness (QED) is 0.567. The van der Waals surface area contributed by atoms with Crippen molar-refractivity contribution in [1.29, 1.82) is 0 Å². The Hall–Kier alpha value is -2.77. The molecule has 1 heterocycles. The first-order valence-electron chi connectivity index (χ1n) is 7.72. The first kappa shape index (κ1) is 22.5. The molecule has 0 aliphatic rings. The van der Waals surface area contributed by atoms with Crippen molar-refractivity contribution < 1.29 is 31.2 Å². The van der Waals surface area contributed by atoms with Crippen LogP contribution in [0, 0.1) is 0 Å². The molecule has 3 N–H and O–H groups in total. The lowest BCUT2D eigenvalue weighted by molar-refractivity contribution is -0.137. The molecule has 9 nitrogen and oxygen atoms in total. The van der Waals surface area contributed by atoms with E-state index < -0.39 is 56.5 Å². The van der Waals surface area contributed by atoms with Crippen molar-refractivity contribution >= 4 is 33.4 Å². The van der Waals surface area contributed by atoms with Gasteiger partial charge < -0.3 is 0 Å². The molecule has 2 rings (SSSR count). The zero-order valence-corrected chi connectivity index (χ0v) is 15.9. The molecule has 29 heavy (non-hydrogen) atoms. The number of alkyl halides is 3. The van der Waals surface area contributed by atoms with Crippen molar-refractivity contribution in [2.24, 2.45) is 0 Å². The largest absolute Gasteiger partial charge is 0.417 e. The highest BCUT2D eigenvalue weighted by Crippen LogP contribution is 2.35. The first-order valence-corrected chi connectivity index (χ1v) is 9.58. The maximum Gasteiger partial charge on any atom is 0.417 e. The monoisotopic (exact) mass is 451 g/mol. The Kier molecular flexibility index (Phi) is 7.11. The number of hydrogen-bond donors (Lipinski definition) is 3. The maximum absolute atomic E-state index is 12.9. The van der Waals surface area contributed by atoms with Crippen molar-refractivity contribution in [3.63, 3.8) is 0 Å². The first-order chi connectivity index (χ1) is 13.5. The minimum atomic E-state index is -4.83. The molecule has 1 aromatic carbocycles. The molecule has 0 spiro atoms. The highest BCUT2D eigenvalue weighted by atomic mass is 35.5. The van der Waals surface area contributed by atoms with Crippen LogP contribution in [0.3, 0.4) is 0 Å². The fraction of sp³-hybridized carbons (Fsp3) is 0.200. The summed E-state index contributed by atoms with van der Waals surface area (Å²) >= 11 is 5.45. The predicted octanol–water partition coefficient (Wildman–Crippen LogP) is 1.28. The number of benzene rings is 1. The van der Waals surface area contributed by atoms with Crippen molar-refractivity contribution in [2.45, 2.75) is 17.5 Å². The van der Waals surface area contributed by atoms with Crippen LogP contribution in [0.2, 0.25) is 5.02 Å². The number of aromatic nitrogens is 2. The van der Waals surface area contributed by atoms with Crippen LogP contribution in [0.5, 0.6) is 0 Å². The molecule has 2 aromatic rings. The van der Waals surface area contributed by atoms with E-state index in [1.54, 1.807) is 0 Å². The van der Waals surface area contributed by atoms with Gasteiger partial charge in [0.1, 0.15) is 5.69 Å². The zero-order valence-electron chi connectivity index (χ0n) is 14.3. The molecule has 2 amide bonds. The Bertz CT molecular complexity index is 1000. The number of amides is 2. The van der Waals surface area contributed by atoms with Crippen molar-refractivity contribution in [2.75, 3.05) is 6.54 Å². The van der Waals surface area contributed by atoms with Gasteiger partial charge in [0.25, 0.3) is 5.91 Å². The molecule has 0 aliphatic heterocycles. The Morgan fingerprint density at radius 1 is 1.14 bits per heavy atom. The van der Waals surface area contributed by atoms with Crippen molar-refractivity contribution in [3.8, 4) is 0 Å². The molecule has 14 heteroatoms.